The Morgan fingerprint density at radius 2 is 2.38 bits per heavy atom. The summed E-state index contributed by atoms with van der Waals surface area (Å²) in [5, 5.41) is 3.35. The molecule has 6 nitrogen and oxygen atoms in total. The molecule has 0 bridgehead atoms. The van der Waals surface area contributed by atoms with Crippen LogP contribution in [0, 0.1) is 5.92 Å². The number of carbonyl (C=O) groups is 1. The summed E-state index contributed by atoms with van der Waals surface area (Å²) in [6, 6.07) is 0. The number of ether oxygens (including phenoxy) is 1. The van der Waals surface area contributed by atoms with Gasteiger partial charge in [-0.2, -0.15) is 0 Å². The fourth-order valence-corrected chi connectivity index (χ4v) is 2.45. The highest BCUT2D eigenvalue weighted by Gasteiger charge is 2.27. The SMILES string of the molecule is CC(C)(C)OC(=O)N1CCCC(CNCc2cnco2)C1. The quantitative estimate of drug-likeness (QED) is 0.924. The zero-order chi connectivity index (χ0) is 15.3. The lowest BCUT2D eigenvalue weighted by molar-refractivity contribution is 0.0166. The van der Waals surface area contributed by atoms with E-state index in [1.54, 1.807) is 6.20 Å². The molecule has 2 rings (SSSR count). The Morgan fingerprint density at radius 3 is 3.05 bits per heavy atom. The zero-order valence-electron chi connectivity index (χ0n) is 13.1. The third-order valence-corrected chi connectivity index (χ3v) is 3.39. The number of oxazole rings is 1. The molecule has 2 heterocycles. The van der Waals surface area contributed by atoms with Crippen LogP contribution >= 0.6 is 0 Å². The molecule has 0 aliphatic carbocycles. The molecule has 1 fully saturated rings. The molecule has 0 radical (unpaired) electrons. The first-order valence-corrected chi connectivity index (χ1v) is 7.50. The van der Waals surface area contributed by atoms with E-state index in [9.17, 15) is 4.79 Å². The Hall–Kier alpha value is -1.56. The molecule has 0 aromatic carbocycles. The smallest absolute Gasteiger partial charge is 0.410 e. The van der Waals surface area contributed by atoms with Gasteiger partial charge >= 0.3 is 6.09 Å². The van der Waals surface area contributed by atoms with Crippen molar-refractivity contribution in [3.63, 3.8) is 0 Å². The summed E-state index contributed by atoms with van der Waals surface area (Å²) in [6.45, 7) is 8.75. The number of aromatic nitrogens is 1. The Kier molecular flexibility index (Phi) is 5.22. The van der Waals surface area contributed by atoms with Gasteiger partial charge in [0, 0.05) is 19.6 Å². The van der Waals surface area contributed by atoms with Crippen molar-refractivity contribution in [2.45, 2.75) is 45.8 Å². The topological polar surface area (TPSA) is 67.6 Å². The minimum Gasteiger partial charge on any atom is -0.447 e. The highest BCUT2D eigenvalue weighted by Crippen LogP contribution is 2.19. The molecular formula is C15H25N3O3. The van der Waals surface area contributed by atoms with Crippen molar-refractivity contribution in [2.75, 3.05) is 19.6 Å². The molecular weight excluding hydrogens is 270 g/mol. The van der Waals surface area contributed by atoms with Crippen molar-refractivity contribution in [2.24, 2.45) is 5.92 Å². The summed E-state index contributed by atoms with van der Waals surface area (Å²) >= 11 is 0. The number of likely N-dealkylation sites (tertiary alicyclic amines) is 1. The fourth-order valence-electron chi connectivity index (χ4n) is 2.45. The minimum atomic E-state index is -0.436. The van der Waals surface area contributed by atoms with Crippen LogP contribution in [0.4, 0.5) is 4.79 Å². The molecule has 1 aliphatic rings. The maximum absolute atomic E-state index is 12.1. The van der Waals surface area contributed by atoms with E-state index in [1.807, 2.05) is 25.7 Å². The summed E-state index contributed by atoms with van der Waals surface area (Å²) in [5.41, 5.74) is -0.436. The van der Waals surface area contributed by atoms with E-state index in [4.69, 9.17) is 9.15 Å². The van der Waals surface area contributed by atoms with E-state index in [-0.39, 0.29) is 6.09 Å². The number of rotatable bonds is 4. The lowest BCUT2D eigenvalue weighted by atomic mass is 9.98. The summed E-state index contributed by atoms with van der Waals surface area (Å²) in [7, 11) is 0. The normalized spacial score (nSPS) is 19.6. The third kappa shape index (κ3) is 5.38. The molecule has 1 atom stereocenters. The molecule has 1 aromatic rings. The van der Waals surface area contributed by atoms with E-state index in [0.29, 0.717) is 12.5 Å². The molecule has 21 heavy (non-hydrogen) atoms. The van der Waals surface area contributed by atoms with Gasteiger partial charge in [0.2, 0.25) is 0 Å². The van der Waals surface area contributed by atoms with Crippen molar-refractivity contribution in [1.29, 1.82) is 0 Å². The van der Waals surface area contributed by atoms with Gasteiger partial charge in [0.1, 0.15) is 11.4 Å². The molecule has 1 aliphatic heterocycles. The highest BCUT2D eigenvalue weighted by atomic mass is 16.6. The van der Waals surface area contributed by atoms with Crippen LogP contribution in [0.3, 0.4) is 0 Å². The number of carbonyl (C=O) groups excluding carboxylic acids is 1. The zero-order valence-corrected chi connectivity index (χ0v) is 13.1. The molecule has 1 aromatic heterocycles. The number of piperidine rings is 1. The van der Waals surface area contributed by atoms with Crippen LogP contribution in [0.5, 0.6) is 0 Å². The van der Waals surface area contributed by atoms with Crippen molar-refractivity contribution >= 4 is 6.09 Å². The van der Waals surface area contributed by atoms with E-state index in [1.165, 1.54) is 6.39 Å². The second kappa shape index (κ2) is 6.93. The first kappa shape index (κ1) is 15.8. The Bertz CT molecular complexity index is 440. The monoisotopic (exact) mass is 295 g/mol. The number of hydrogen-bond acceptors (Lipinski definition) is 5. The summed E-state index contributed by atoms with van der Waals surface area (Å²) in [4.78, 5) is 17.8. The van der Waals surface area contributed by atoms with Crippen LogP contribution in [0.1, 0.15) is 39.4 Å². The number of nitrogens with one attached hydrogen (secondary N) is 1. The molecule has 1 saturated heterocycles. The van der Waals surface area contributed by atoms with Crippen molar-refractivity contribution in [1.82, 2.24) is 15.2 Å². The Balaban J connectivity index is 1.74. The molecule has 1 amide bonds. The first-order chi connectivity index (χ1) is 9.94. The summed E-state index contributed by atoms with van der Waals surface area (Å²) in [5.74, 6) is 1.28. The first-order valence-electron chi connectivity index (χ1n) is 7.50. The van der Waals surface area contributed by atoms with Crippen LogP contribution in [-0.2, 0) is 11.3 Å². The Labute approximate surface area is 125 Å². The minimum absolute atomic E-state index is 0.206. The number of nitrogens with zero attached hydrogens (tertiary/aromatic N) is 2. The van der Waals surface area contributed by atoms with E-state index in [0.717, 1.165) is 38.2 Å². The van der Waals surface area contributed by atoms with Gasteiger partial charge in [0.25, 0.3) is 0 Å². The molecule has 118 valence electrons. The van der Waals surface area contributed by atoms with Gasteiger partial charge in [-0.3, -0.25) is 0 Å². The van der Waals surface area contributed by atoms with Gasteiger partial charge in [-0.15, -0.1) is 0 Å². The van der Waals surface area contributed by atoms with E-state index >= 15 is 0 Å². The summed E-state index contributed by atoms with van der Waals surface area (Å²) in [6.07, 6.45) is 5.08. The molecule has 1 N–H and O–H groups in total. The van der Waals surface area contributed by atoms with Crippen molar-refractivity contribution < 1.29 is 13.9 Å². The third-order valence-electron chi connectivity index (χ3n) is 3.39. The van der Waals surface area contributed by atoms with E-state index in [2.05, 4.69) is 10.3 Å². The van der Waals surface area contributed by atoms with Crippen LogP contribution in [0.15, 0.2) is 17.0 Å². The predicted molar refractivity (Wildman–Crippen MR) is 78.7 cm³/mol. The number of amides is 1. The van der Waals surface area contributed by atoms with Gasteiger partial charge in [0.05, 0.1) is 12.7 Å². The van der Waals surface area contributed by atoms with Gasteiger partial charge in [-0.05, 0) is 39.5 Å². The fraction of sp³-hybridized carbons (Fsp3) is 0.733. The van der Waals surface area contributed by atoms with Crippen molar-refractivity contribution in [3.05, 3.63) is 18.4 Å². The van der Waals surface area contributed by atoms with Gasteiger partial charge in [-0.1, -0.05) is 0 Å². The number of hydrogen-bond donors (Lipinski definition) is 1. The maximum atomic E-state index is 12.1. The van der Waals surface area contributed by atoms with Crippen molar-refractivity contribution in [3.8, 4) is 0 Å². The van der Waals surface area contributed by atoms with Crippen LogP contribution in [0.2, 0.25) is 0 Å². The largest absolute Gasteiger partial charge is 0.447 e. The lowest BCUT2D eigenvalue weighted by Gasteiger charge is -2.34. The molecule has 0 saturated carbocycles. The van der Waals surface area contributed by atoms with E-state index < -0.39 is 5.60 Å². The standard InChI is InChI=1S/C15H25N3O3/c1-15(2,3)21-14(19)18-6-4-5-12(10-18)7-16-8-13-9-17-11-20-13/h9,11-12,16H,4-8,10H2,1-3H3. The van der Waals surface area contributed by atoms with Gasteiger partial charge in [0.15, 0.2) is 6.39 Å². The lowest BCUT2D eigenvalue weighted by Crippen LogP contribution is -2.44. The Morgan fingerprint density at radius 1 is 1.57 bits per heavy atom. The molecule has 0 spiro atoms. The van der Waals surface area contributed by atoms with Crippen LogP contribution < -0.4 is 5.32 Å². The summed E-state index contributed by atoms with van der Waals surface area (Å²) < 4.78 is 10.6. The van der Waals surface area contributed by atoms with Gasteiger partial charge < -0.3 is 19.4 Å². The maximum Gasteiger partial charge on any atom is 0.410 e. The van der Waals surface area contributed by atoms with Gasteiger partial charge in [-0.25, -0.2) is 9.78 Å². The molecule has 1 unspecified atom stereocenters. The molecule has 6 heteroatoms. The second-order valence-corrected chi connectivity index (χ2v) is 6.53. The van der Waals surface area contributed by atoms with Crippen LogP contribution in [-0.4, -0.2) is 41.2 Å². The predicted octanol–water partition coefficient (Wildman–Crippen LogP) is 2.41. The average molecular weight is 295 g/mol. The van der Waals surface area contributed by atoms with Crippen LogP contribution in [0.25, 0.3) is 0 Å². The highest BCUT2D eigenvalue weighted by molar-refractivity contribution is 5.68. The average Bonchev–Trinajstić information content (AvgIpc) is 2.90. The second-order valence-electron chi connectivity index (χ2n) is 6.53.